The molecule has 1 saturated heterocycles. The van der Waals surface area contributed by atoms with E-state index in [1.807, 2.05) is 17.5 Å². The zero-order chi connectivity index (χ0) is 17.9. The quantitative estimate of drug-likeness (QED) is 0.705. The fourth-order valence-corrected chi connectivity index (χ4v) is 3.58. The zero-order valence-electron chi connectivity index (χ0n) is 14.0. The molecule has 0 aliphatic carbocycles. The largest absolute Gasteiger partial charge is 0.338 e. The second-order valence-electron chi connectivity index (χ2n) is 6.04. The fourth-order valence-electron chi connectivity index (χ4n) is 2.93. The highest BCUT2D eigenvalue weighted by molar-refractivity contribution is 7.13. The van der Waals surface area contributed by atoms with Crippen molar-refractivity contribution < 1.29 is 13.7 Å². The highest BCUT2D eigenvalue weighted by Gasteiger charge is 2.25. The topological polar surface area (TPSA) is 62.5 Å². The van der Waals surface area contributed by atoms with Crippen LogP contribution in [0.4, 0.5) is 4.39 Å². The van der Waals surface area contributed by atoms with E-state index in [4.69, 9.17) is 4.52 Å². The van der Waals surface area contributed by atoms with Gasteiger partial charge in [-0.2, -0.15) is 4.98 Å². The van der Waals surface area contributed by atoms with Crippen LogP contribution in [0.15, 0.2) is 46.3 Å². The van der Waals surface area contributed by atoms with E-state index in [9.17, 15) is 9.18 Å². The Bertz CT molecular complexity index is 888. The summed E-state index contributed by atoms with van der Waals surface area (Å²) in [6, 6.07) is 9.99. The Morgan fingerprint density at radius 1 is 1.15 bits per heavy atom. The molecule has 0 N–H and O–H groups in total. The number of benzene rings is 1. The van der Waals surface area contributed by atoms with Gasteiger partial charge in [0.25, 0.3) is 5.91 Å². The summed E-state index contributed by atoms with van der Waals surface area (Å²) in [6.07, 6.45) is 0. The van der Waals surface area contributed by atoms with E-state index in [0.717, 1.165) is 4.88 Å². The van der Waals surface area contributed by atoms with Crippen LogP contribution < -0.4 is 0 Å². The summed E-state index contributed by atoms with van der Waals surface area (Å²) in [5, 5.41) is 5.98. The van der Waals surface area contributed by atoms with Gasteiger partial charge in [0.05, 0.1) is 17.0 Å². The lowest BCUT2D eigenvalue weighted by Gasteiger charge is -2.34. The third-order valence-corrected chi connectivity index (χ3v) is 5.20. The van der Waals surface area contributed by atoms with Crippen molar-refractivity contribution in [3.63, 3.8) is 0 Å². The van der Waals surface area contributed by atoms with Crippen LogP contribution in [0, 0.1) is 5.82 Å². The molecule has 2 aromatic heterocycles. The Morgan fingerprint density at radius 3 is 2.69 bits per heavy atom. The van der Waals surface area contributed by atoms with Crippen molar-refractivity contribution in [2.75, 3.05) is 26.2 Å². The van der Waals surface area contributed by atoms with E-state index in [1.165, 1.54) is 12.1 Å². The minimum absolute atomic E-state index is 0.124. The predicted molar refractivity (Wildman–Crippen MR) is 95.2 cm³/mol. The van der Waals surface area contributed by atoms with Crippen molar-refractivity contribution in [1.29, 1.82) is 0 Å². The summed E-state index contributed by atoms with van der Waals surface area (Å²) in [7, 11) is 0. The van der Waals surface area contributed by atoms with E-state index in [1.54, 1.807) is 28.4 Å². The van der Waals surface area contributed by atoms with Crippen LogP contribution >= 0.6 is 11.3 Å². The fraction of sp³-hybridized carbons (Fsp3) is 0.278. The summed E-state index contributed by atoms with van der Waals surface area (Å²) >= 11 is 1.56. The number of amides is 1. The minimum Gasteiger partial charge on any atom is -0.338 e. The number of carbonyl (C=O) groups is 1. The van der Waals surface area contributed by atoms with Crippen LogP contribution in [-0.4, -0.2) is 52.0 Å². The molecule has 0 atom stereocenters. The number of hydrogen-bond donors (Lipinski definition) is 0. The van der Waals surface area contributed by atoms with E-state index in [2.05, 4.69) is 15.0 Å². The van der Waals surface area contributed by atoms with Gasteiger partial charge in [0.15, 0.2) is 0 Å². The van der Waals surface area contributed by atoms with Crippen molar-refractivity contribution >= 4 is 17.2 Å². The smallest absolute Gasteiger partial charge is 0.256 e. The van der Waals surface area contributed by atoms with Crippen molar-refractivity contribution in [1.82, 2.24) is 19.9 Å². The van der Waals surface area contributed by atoms with Gasteiger partial charge in [-0.15, -0.1) is 11.3 Å². The molecule has 0 saturated carbocycles. The summed E-state index contributed by atoms with van der Waals surface area (Å²) in [6.45, 7) is 2.98. The van der Waals surface area contributed by atoms with Gasteiger partial charge in [-0.3, -0.25) is 9.69 Å². The molecule has 8 heteroatoms. The van der Waals surface area contributed by atoms with Gasteiger partial charge in [-0.25, -0.2) is 4.39 Å². The maximum absolute atomic E-state index is 13.8. The van der Waals surface area contributed by atoms with Gasteiger partial charge in [-0.05, 0) is 23.6 Å². The van der Waals surface area contributed by atoms with Gasteiger partial charge >= 0.3 is 0 Å². The van der Waals surface area contributed by atoms with Crippen LogP contribution in [0.3, 0.4) is 0 Å². The Morgan fingerprint density at radius 2 is 1.96 bits per heavy atom. The molecule has 4 rings (SSSR count). The van der Waals surface area contributed by atoms with Gasteiger partial charge in [0.1, 0.15) is 5.82 Å². The minimum atomic E-state index is -0.480. The number of thiophene rings is 1. The molecule has 1 aromatic carbocycles. The lowest BCUT2D eigenvalue weighted by molar-refractivity contribution is 0.0610. The van der Waals surface area contributed by atoms with E-state index in [-0.39, 0.29) is 11.5 Å². The maximum atomic E-state index is 13.8. The standard InChI is InChI=1S/C18H17FN4O2S/c19-14-5-2-1-4-13(14)18(24)23-9-7-22(8-10-23)12-16-20-17(21-25-16)15-6-3-11-26-15/h1-6,11H,7-10,12H2. The van der Waals surface area contributed by atoms with Crippen LogP contribution in [0.1, 0.15) is 16.2 Å². The Balaban J connectivity index is 1.34. The molecule has 134 valence electrons. The van der Waals surface area contributed by atoms with Crippen molar-refractivity contribution in [3.8, 4) is 10.7 Å². The Labute approximate surface area is 153 Å². The molecule has 26 heavy (non-hydrogen) atoms. The molecule has 1 fully saturated rings. The third-order valence-electron chi connectivity index (χ3n) is 4.33. The number of aromatic nitrogens is 2. The number of piperazine rings is 1. The second-order valence-corrected chi connectivity index (χ2v) is 6.98. The predicted octanol–water partition coefficient (Wildman–Crippen LogP) is 2.90. The normalized spacial score (nSPS) is 15.3. The summed E-state index contributed by atoms with van der Waals surface area (Å²) < 4.78 is 19.1. The van der Waals surface area contributed by atoms with E-state index >= 15 is 0 Å². The van der Waals surface area contributed by atoms with Crippen LogP contribution in [0.2, 0.25) is 0 Å². The summed E-state index contributed by atoms with van der Waals surface area (Å²) in [5.41, 5.74) is 0.124. The molecule has 0 bridgehead atoms. The molecular formula is C18H17FN4O2S. The molecule has 1 aliphatic rings. The lowest BCUT2D eigenvalue weighted by atomic mass is 10.1. The van der Waals surface area contributed by atoms with Crippen molar-refractivity contribution in [2.24, 2.45) is 0 Å². The molecular weight excluding hydrogens is 355 g/mol. The van der Waals surface area contributed by atoms with Crippen molar-refractivity contribution in [3.05, 3.63) is 59.0 Å². The van der Waals surface area contributed by atoms with Gasteiger partial charge in [-0.1, -0.05) is 23.4 Å². The molecule has 3 aromatic rings. The third kappa shape index (κ3) is 3.51. The monoisotopic (exact) mass is 372 g/mol. The second kappa shape index (κ2) is 7.35. The van der Waals surface area contributed by atoms with Gasteiger partial charge in [0.2, 0.25) is 11.7 Å². The molecule has 0 radical (unpaired) electrons. The average Bonchev–Trinajstić information content (AvgIpc) is 3.34. The van der Waals surface area contributed by atoms with Crippen LogP contribution in [0.5, 0.6) is 0 Å². The number of carbonyl (C=O) groups excluding carboxylic acids is 1. The Kier molecular flexibility index (Phi) is 4.77. The zero-order valence-corrected chi connectivity index (χ0v) is 14.8. The molecule has 1 aliphatic heterocycles. The Hall–Kier alpha value is -2.58. The van der Waals surface area contributed by atoms with Gasteiger partial charge < -0.3 is 9.42 Å². The van der Waals surface area contributed by atoms with Gasteiger partial charge in [0, 0.05) is 26.2 Å². The van der Waals surface area contributed by atoms with E-state index in [0.29, 0.717) is 44.4 Å². The first-order chi connectivity index (χ1) is 12.7. The lowest BCUT2D eigenvalue weighted by Crippen LogP contribution is -2.48. The SMILES string of the molecule is O=C(c1ccccc1F)N1CCN(Cc2nc(-c3cccs3)no2)CC1. The summed E-state index contributed by atoms with van der Waals surface area (Å²) in [4.78, 5) is 21.7. The number of hydrogen-bond acceptors (Lipinski definition) is 6. The highest BCUT2D eigenvalue weighted by atomic mass is 32.1. The highest BCUT2D eigenvalue weighted by Crippen LogP contribution is 2.22. The van der Waals surface area contributed by atoms with E-state index < -0.39 is 5.82 Å². The molecule has 0 spiro atoms. The molecule has 0 unspecified atom stereocenters. The van der Waals surface area contributed by atoms with Crippen LogP contribution in [-0.2, 0) is 6.54 Å². The van der Waals surface area contributed by atoms with Crippen molar-refractivity contribution in [2.45, 2.75) is 6.54 Å². The first-order valence-electron chi connectivity index (χ1n) is 8.33. The van der Waals surface area contributed by atoms with Crippen LogP contribution in [0.25, 0.3) is 10.7 Å². The average molecular weight is 372 g/mol. The molecule has 1 amide bonds. The molecule has 6 nitrogen and oxygen atoms in total. The molecule has 3 heterocycles. The number of rotatable bonds is 4. The first-order valence-corrected chi connectivity index (χ1v) is 9.21. The number of nitrogens with zero attached hydrogens (tertiary/aromatic N) is 4. The maximum Gasteiger partial charge on any atom is 0.256 e. The number of halogens is 1. The first kappa shape index (κ1) is 16.9. The summed E-state index contributed by atoms with van der Waals surface area (Å²) in [5.74, 6) is 0.415.